The normalized spacial score (nSPS) is 12.3. The molecule has 2 aromatic heterocycles. The van der Waals surface area contributed by atoms with E-state index in [4.69, 9.17) is 5.73 Å². The second kappa shape index (κ2) is 2.99. The molecule has 0 saturated carbocycles. The summed E-state index contributed by atoms with van der Waals surface area (Å²) in [5.74, 6) is 0.577. The van der Waals surface area contributed by atoms with Crippen molar-refractivity contribution >= 4 is 16.9 Å². The highest BCUT2D eigenvalue weighted by molar-refractivity contribution is 5.79. The largest absolute Gasteiger partial charge is 0.384 e. The monoisotopic (exact) mass is 203 g/mol. The summed E-state index contributed by atoms with van der Waals surface area (Å²) in [6, 6.07) is 5.98. The molecule has 15 heavy (non-hydrogen) atoms. The molecule has 0 amide bonds. The molecule has 0 saturated heterocycles. The number of nitrogens with two attached hydrogens (primary N) is 1. The fourth-order valence-electron chi connectivity index (χ4n) is 1.95. The standard InChI is InChI=1S/C12H17N3/c1-12(2,3)10-7-8-9(15(10)4)5-6-11(13)14-8/h5-7H,1-4H3,(H2,13,14). The SMILES string of the molecule is Cn1c(C(C)(C)C)cc2nc(N)ccc21. The van der Waals surface area contributed by atoms with E-state index in [1.54, 1.807) is 0 Å². The summed E-state index contributed by atoms with van der Waals surface area (Å²) in [5, 5.41) is 0. The lowest BCUT2D eigenvalue weighted by atomic mass is 9.92. The van der Waals surface area contributed by atoms with Gasteiger partial charge in [0.1, 0.15) is 5.82 Å². The van der Waals surface area contributed by atoms with Gasteiger partial charge in [0.2, 0.25) is 0 Å². The van der Waals surface area contributed by atoms with Crippen molar-refractivity contribution in [1.82, 2.24) is 9.55 Å². The van der Waals surface area contributed by atoms with E-state index in [-0.39, 0.29) is 5.41 Å². The van der Waals surface area contributed by atoms with Crippen LogP contribution in [-0.2, 0) is 12.5 Å². The van der Waals surface area contributed by atoms with Crippen LogP contribution >= 0.6 is 0 Å². The maximum absolute atomic E-state index is 5.67. The van der Waals surface area contributed by atoms with Gasteiger partial charge in [-0.1, -0.05) is 20.8 Å². The summed E-state index contributed by atoms with van der Waals surface area (Å²) in [7, 11) is 2.07. The predicted molar refractivity (Wildman–Crippen MR) is 63.8 cm³/mol. The number of nitrogens with zero attached hydrogens (tertiary/aromatic N) is 2. The molecule has 2 aromatic rings. The highest BCUT2D eigenvalue weighted by atomic mass is 15.0. The molecule has 0 aliphatic carbocycles. The Bertz CT molecular complexity index is 503. The van der Waals surface area contributed by atoms with Crippen LogP contribution in [0.15, 0.2) is 18.2 Å². The van der Waals surface area contributed by atoms with E-state index in [1.165, 1.54) is 5.69 Å². The van der Waals surface area contributed by atoms with Crippen LogP contribution in [0, 0.1) is 0 Å². The third kappa shape index (κ3) is 1.58. The highest BCUT2D eigenvalue weighted by Gasteiger charge is 2.19. The first-order valence-electron chi connectivity index (χ1n) is 5.12. The van der Waals surface area contributed by atoms with Gasteiger partial charge in [-0.15, -0.1) is 0 Å². The molecule has 3 nitrogen and oxygen atoms in total. The van der Waals surface area contributed by atoms with Gasteiger partial charge in [0.15, 0.2) is 0 Å². The molecule has 0 spiro atoms. The van der Waals surface area contributed by atoms with Gasteiger partial charge in [-0.3, -0.25) is 0 Å². The molecule has 0 radical (unpaired) electrons. The average Bonchev–Trinajstić information content (AvgIpc) is 2.42. The van der Waals surface area contributed by atoms with Gasteiger partial charge in [-0.2, -0.15) is 0 Å². The molecule has 2 rings (SSSR count). The van der Waals surface area contributed by atoms with E-state index in [9.17, 15) is 0 Å². The van der Waals surface area contributed by atoms with E-state index in [0.29, 0.717) is 5.82 Å². The Labute approximate surface area is 89.9 Å². The third-order valence-corrected chi connectivity index (χ3v) is 2.69. The van der Waals surface area contributed by atoms with Crippen molar-refractivity contribution in [1.29, 1.82) is 0 Å². The molecule has 0 unspecified atom stereocenters. The lowest BCUT2D eigenvalue weighted by Crippen LogP contribution is -2.15. The van der Waals surface area contributed by atoms with Gasteiger partial charge in [0.25, 0.3) is 0 Å². The summed E-state index contributed by atoms with van der Waals surface area (Å²) in [5.41, 5.74) is 9.18. The Morgan fingerprint density at radius 3 is 2.53 bits per heavy atom. The van der Waals surface area contributed by atoms with Crippen molar-refractivity contribution in [3.8, 4) is 0 Å². The van der Waals surface area contributed by atoms with E-state index < -0.39 is 0 Å². The number of pyridine rings is 1. The van der Waals surface area contributed by atoms with Crippen LogP contribution in [0.5, 0.6) is 0 Å². The molecule has 0 fully saturated rings. The molecular formula is C12H17N3. The Morgan fingerprint density at radius 2 is 1.93 bits per heavy atom. The van der Waals surface area contributed by atoms with Gasteiger partial charge >= 0.3 is 0 Å². The first-order valence-corrected chi connectivity index (χ1v) is 5.12. The smallest absolute Gasteiger partial charge is 0.124 e. The topological polar surface area (TPSA) is 43.8 Å². The zero-order chi connectivity index (χ0) is 11.2. The second-order valence-corrected chi connectivity index (χ2v) is 4.98. The van der Waals surface area contributed by atoms with E-state index in [1.807, 2.05) is 12.1 Å². The maximum atomic E-state index is 5.67. The Kier molecular flexibility index (Phi) is 2.00. The van der Waals surface area contributed by atoms with Crippen LogP contribution in [-0.4, -0.2) is 9.55 Å². The minimum absolute atomic E-state index is 0.129. The van der Waals surface area contributed by atoms with Crippen LogP contribution < -0.4 is 5.73 Å². The summed E-state index contributed by atoms with van der Waals surface area (Å²) in [4.78, 5) is 4.33. The quantitative estimate of drug-likeness (QED) is 0.714. The van der Waals surface area contributed by atoms with Crippen molar-refractivity contribution in [3.63, 3.8) is 0 Å². The summed E-state index contributed by atoms with van der Waals surface area (Å²) < 4.78 is 2.18. The second-order valence-electron chi connectivity index (χ2n) is 4.98. The van der Waals surface area contributed by atoms with Gasteiger partial charge in [-0.05, 0) is 18.2 Å². The van der Waals surface area contributed by atoms with Crippen LogP contribution in [0.25, 0.3) is 11.0 Å². The number of aryl methyl sites for hydroxylation is 1. The maximum Gasteiger partial charge on any atom is 0.124 e. The van der Waals surface area contributed by atoms with Crippen LogP contribution in [0.3, 0.4) is 0 Å². The zero-order valence-electron chi connectivity index (χ0n) is 9.70. The van der Waals surface area contributed by atoms with Crippen molar-refractivity contribution < 1.29 is 0 Å². The molecular weight excluding hydrogens is 186 g/mol. The third-order valence-electron chi connectivity index (χ3n) is 2.69. The fraction of sp³-hybridized carbons (Fsp3) is 0.417. The molecule has 3 heteroatoms. The summed E-state index contributed by atoms with van der Waals surface area (Å²) in [6.45, 7) is 6.60. The lowest BCUT2D eigenvalue weighted by molar-refractivity contribution is 0.547. The predicted octanol–water partition coefficient (Wildman–Crippen LogP) is 2.45. The molecule has 2 N–H and O–H groups in total. The number of hydrogen-bond acceptors (Lipinski definition) is 2. The van der Waals surface area contributed by atoms with Crippen LogP contribution in [0.2, 0.25) is 0 Å². The van der Waals surface area contributed by atoms with E-state index >= 15 is 0 Å². The molecule has 0 aromatic carbocycles. The molecule has 2 heterocycles. The van der Waals surface area contributed by atoms with Gasteiger partial charge in [-0.25, -0.2) is 4.98 Å². The minimum atomic E-state index is 0.129. The summed E-state index contributed by atoms with van der Waals surface area (Å²) in [6.07, 6.45) is 0. The van der Waals surface area contributed by atoms with Crippen molar-refractivity contribution in [2.75, 3.05) is 5.73 Å². The summed E-state index contributed by atoms with van der Waals surface area (Å²) >= 11 is 0. The van der Waals surface area contributed by atoms with Crippen molar-refractivity contribution in [2.24, 2.45) is 7.05 Å². The molecule has 0 atom stereocenters. The first kappa shape index (κ1) is 10.0. The Hall–Kier alpha value is -1.51. The van der Waals surface area contributed by atoms with E-state index in [2.05, 4.69) is 43.4 Å². The van der Waals surface area contributed by atoms with Crippen molar-refractivity contribution in [2.45, 2.75) is 26.2 Å². The molecule has 0 aliphatic rings. The number of anilines is 1. The van der Waals surface area contributed by atoms with Crippen LogP contribution in [0.1, 0.15) is 26.5 Å². The minimum Gasteiger partial charge on any atom is -0.384 e. The van der Waals surface area contributed by atoms with Crippen LogP contribution in [0.4, 0.5) is 5.82 Å². The molecule has 0 bridgehead atoms. The highest BCUT2D eigenvalue weighted by Crippen LogP contribution is 2.27. The van der Waals surface area contributed by atoms with Crippen molar-refractivity contribution in [3.05, 3.63) is 23.9 Å². The molecule has 80 valence electrons. The Balaban J connectivity index is 2.75. The van der Waals surface area contributed by atoms with E-state index in [0.717, 1.165) is 11.0 Å². The zero-order valence-corrected chi connectivity index (χ0v) is 9.70. The lowest BCUT2D eigenvalue weighted by Gasteiger charge is -2.19. The number of rotatable bonds is 0. The average molecular weight is 203 g/mol. The Morgan fingerprint density at radius 1 is 1.27 bits per heavy atom. The first-order chi connectivity index (χ1) is 6.89. The van der Waals surface area contributed by atoms with Gasteiger partial charge in [0, 0.05) is 18.2 Å². The number of hydrogen-bond donors (Lipinski definition) is 1. The van der Waals surface area contributed by atoms with Gasteiger partial charge in [0.05, 0.1) is 11.0 Å². The fourth-order valence-corrected chi connectivity index (χ4v) is 1.95. The van der Waals surface area contributed by atoms with Gasteiger partial charge < -0.3 is 10.3 Å². The number of fused-ring (bicyclic) bond motifs is 1. The molecule has 0 aliphatic heterocycles. The number of aromatic nitrogens is 2. The number of nitrogen functional groups attached to an aromatic ring is 1.